The van der Waals surface area contributed by atoms with Gasteiger partial charge in [-0.2, -0.15) is 22.8 Å². The molecule has 4 aliphatic heterocycles. The summed E-state index contributed by atoms with van der Waals surface area (Å²) in [6.45, 7) is 28.1. The van der Waals surface area contributed by atoms with Gasteiger partial charge in [-0.25, -0.2) is 8.42 Å². The number of allylic oxidation sites excluding steroid dienone is 16. The van der Waals surface area contributed by atoms with E-state index in [2.05, 4.69) is 301 Å². The largest absolute Gasteiger partial charge is 0.748 e. The third-order valence-electron chi connectivity index (χ3n) is 23.3. The molecule has 0 aromatic heterocycles. The molecule has 4 heterocycles. The van der Waals surface area contributed by atoms with Gasteiger partial charge in [0.25, 0.3) is 10.1 Å². The first kappa shape index (κ1) is 82.8. The number of rotatable bonds is 20. The van der Waals surface area contributed by atoms with Crippen molar-refractivity contribution in [2.45, 2.75) is 188 Å². The van der Waals surface area contributed by atoms with Gasteiger partial charge in [0.1, 0.15) is 6.54 Å². The lowest BCUT2D eigenvalue weighted by Gasteiger charge is -2.29. The number of hydrogen-bond acceptors (Lipinski definition) is 9. The molecule has 3 aliphatic carbocycles. The SMILES string of the molecule is CC#C[N+]1=C(/C=C/C2=C(Cl)C(=C/C=C3/N(C)c4ccc5ccccc5c4C3(C)C)/CCC2)C(C)(C)C2c3ccccc3C=CC21.CCCC.CCNOS(=O)(=O)CCCC[N+]1=C(C=CC2=C(Cl)C(=CC=C3N(CCCCS(=O)(=O)[O-])c4ccc5ccccc5c4C3(C)C)CCC2)C(C)(C)c2c1ccc1ccccc21.O. The molecule has 7 aromatic rings. The summed E-state index contributed by atoms with van der Waals surface area (Å²) >= 11 is 14.5. The highest BCUT2D eigenvalue weighted by atomic mass is 35.5. The minimum absolute atomic E-state index is 0. The second-order valence-electron chi connectivity index (χ2n) is 32.0. The molecule has 0 radical (unpaired) electrons. The van der Waals surface area contributed by atoms with Gasteiger partial charge in [-0.1, -0.05) is 224 Å². The monoisotopic (exact) mass is 1550 g/mol. The van der Waals surface area contributed by atoms with Crippen molar-refractivity contribution in [1.82, 2.24) is 5.48 Å². The van der Waals surface area contributed by atoms with E-state index in [1.165, 1.54) is 95.8 Å². The van der Waals surface area contributed by atoms with E-state index in [9.17, 15) is 21.4 Å². The number of hydroxylamine groups is 1. The normalized spacial score (nSPS) is 20.9. The smallest absolute Gasteiger partial charge is 0.283 e. The van der Waals surface area contributed by atoms with Crippen LogP contribution in [-0.4, -0.2) is 91.7 Å². The first-order chi connectivity index (χ1) is 52.1. The molecule has 0 amide bonds. The molecule has 14 rings (SSSR count). The second kappa shape index (κ2) is 34.4. The lowest BCUT2D eigenvalue weighted by molar-refractivity contribution is -0.459. The Labute approximate surface area is 664 Å². The minimum Gasteiger partial charge on any atom is -0.748 e. The highest BCUT2D eigenvalue weighted by Crippen LogP contribution is 2.54. The van der Waals surface area contributed by atoms with Crippen LogP contribution < -0.4 is 15.3 Å². The van der Waals surface area contributed by atoms with Crippen molar-refractivity contribution >= 4 is 110 Å². The van der Waals surface area contributed by atoms with Crippen molar-refractivity contribution in [2.24, 2.45) is 5.41 Å². The van der Waals surface area contributed by atoms with Crippen LogP contribution >= 0.6 is 23.2 Å². The van der Waals surface area contributed by atoms with Gasteiger partial charge in [0.15, 0.2) is 17.5 Å². The predicted octanol–water partition coefficient (Wildman–Crippen LogP) is 21.4. The van der Waals surface area contributed by atoms with E-state index in [0.717, 1.165) is 87.9 Å². The lowest BCUT2D eigenvalue weighted by atomic mass is 9.68. The number of nitrogens with zero attached hydrogens (tertiary/aromatic N) is 4. The van der Waals surface area contributed by atoms with E-state index < -0.39 is 20.2 Å². The molecule has 2 atom stereocenters. The topological polar surface area (TPSA) is 157 Å². The van der Waals surface area contributed by atoms with Crippen molar-refractivity contribution in [3.05, 3.63) is 260 Å². The number of hydrogen-bond donors (Lipinski definition) is 1. The summed E-state index contributed by atoms with van der Waals surface area (Å²) in [7, 11) is -5.76. The summed E-state index contributed by atoms with van der Waals surface area (Å²) in [6, 6.07) is 51.2. The predicted molar refractivity (Wildman–Crippen MR) is 461 cm³/mol. The molecule has 7 aromatic carbocycles. The summed E-state index contributed by atoms with van der Waals surface area (Å²) < 4.78 is 68.6. The van der Waals surface area contributed by atoms with E-state index in [-0.39, 0.29) is 44.7 Å². The van der Waals surface area contributed by atoms with Gasteiger partial charge in [-0.3, -0.25) is 0 Å². The molecule has 3 N–H and O–H groups in total. The Morgan fingerprint density at radius 1 is 0.591 bits per heavy atom. The molecular formula is C94H110Cl2N5O7S2+. The third kappa shape index (κ3) is 16.8. The van der Waals surface area contributed by atoms with Crippen LogP contribution in [0.15, 0.2) is 232 Å². The fraction of sp³-hybridized carbons (Fsp3) is 0.383. The van der Waals surface area contributed by atoms with Crippen LogP contribution in [-0.2, 0) is 40.8 Å². The minimum atomic E-state index is -4.29. The van der Waals surface area contributed by atoms with Crippen LogP contribution in [0.25, 0.3) is 38.4 Å². The maximum absolute atomic E-state index is 12.4. The number of nitrogens with one attached hydrogen (secondary N) is 1. The summed E-state index contributed by atoms with van der Waals surface area (Å²) in [5, 5.41) is 9.00. The van der Waals surface area contributed by atoms with Crippen molar-refractivity contribution < 1.29 is 40.3 Å². The first-order valence-electron chi connectivity index (χ1n) is 39.2. The highest BCUT2D eigenvalue weighted by Gasteiger charge is 2.56. The number of likely N-dealkylation sites (N-methyl/N-ethyl adjacent to an activating group) is 1. The number of benzene rings is 7. The van der Waals surface area contributed by atoms with Crippen molar-refractivity contribution in [2.75, 3.05) is 48.0 Å². The fourth-order valence-electron chi connectivity index (χ4n) is 17.8. The lowest BCUT2D eigenvalue weighted by Crippen LogP contribution is -2.31. The number of halogens is 2. The van der Waals surface area contributed by atoms with E-state index in [0.29, 0.717) is 51.2 Å². The molecule has 0 fully saturated rings. The molecule has 110 heavy (non-hydrogen) atoms. The molecule has 0 saturated carbocycles. The van der Waals surface area contributed by atoms with E-state index in [1.54, 1.807) is 6.92 Å². The number of fused-ring (bicyclic) bond motifs is 12. The Bertz CT molecular complexity index is 5380. The average Bonchev–Trinajstić information content (AvgIpc) is 1.59. The van der Waals surface area contributed by atoms with Crippen molar-refractivity contribution in [3.63, 3.8) is 0 Å². The molecule has 16 heteroatoms. The van der Waals surface area contributed by atoms with Crippen LogP contribution in [0.1, 0.15) is 194 Å². The van der Waals surface area contributed by atoms with Gasteiger partial charge < -0.3 is 19.8 Å². The molecule has 12 nitrogen and oxygen atoms in total. The Balaban J connectivity index is 0.000000213. The molecule has 7 aliphatic rings. The van der Waals surface area contributed by atoms with Gasteiger partial charge in [0.2, 0.25) is 11.7 Å². The van der Waals surface area contributed by atoms with E-state index in [4.69, 9.17) is 27.5 Å². The van der Waals surface area contributed by atoms with Gasteiger partial charge in [0, 0.05) is 107 Å². The molecule has 2 unspecified atom stereocenters. The van der Waals surface area contributed by atoms with E-state index >= 15 is 0 Å². The number of unbranched alkanes of at least 4 members (excludes halogenated alkanes) is 3. The average molecular weight is 1560 g/mol. The first-order valence-corrected chi connectivity index (χ1v) is 43.1. The Morgan fingerprint density at radius 2 is 1.11 bits per heavy atom. The van der Waals surface area contributed by atoms with Gasteiger partial charge in [0.05, 0.1) is 32.6 Å². The van der Waals surface area contributed by atoms with Crippen LogP contribution in [0.5, 0.6) is 0 Å². The van der Waals surface area contributed by atoms with Gasteiger partial charge in [-0.05, 0) is 205 Å². The molecule has 0 spiro atoms. The fourth-order valence-corrected chi connectivity index (χ4v) is 20.0. The molecule has 0 bridgehead atoms. The van der Waals surface area contributed by atoms with Crippen molar-refractivity contribution in [3.8, 4) is 12.0 Å². The summed E-state index contributed by atoms with van der Waals surface area (Å²) in [4.78, 5) is 4.64. The molecule has 578 valence electrons. The maximum Gasteiger partial charge on any atom is 0.283 e. The maximum atomic E-state index is 12.4. The zero-order valence-corrected chi connectivity index (χ0v) is 69.6. The molecular weight excluding hydrogens is 1450 g/mol. The summed E-state index contributed by atoms with van der Waals surface area (Å²) in [5.74, 6) is 3.09. The van der Waals surface area contributed by atoms with Crippen LogP contribution in [0.3, 0.4) is 0 Å². The van der Waals surface area contributed by atoms with E-state index in [1.807, 2.05) is 13.0 Å². The van der Waals surface area contributed by atoms with Gasteiger partial charge in [-0.15, -0.1) is 4.58 Å². The number of anilines is 2. The second-order valence-corrected chi connectivity index (χ2v) is 36.0. The highest BCUT2D eigenvalue weighted by molar-refractivity contribution is 7.86. The van der Waals surface area contributed by atoms with Crippen LogP contribution in [0.2, 0.25) is 0 Å². The standard InChI is InChI=1S/C48H56ClN3O6S2.C42H42ClN2.C4H10.H2O/c1-6-50-58-60(56,57)33-14-12-31-52-41-27-23-35-17-8-10-21-39(35)45(41)48(4,5)43(52)29-25-37-19-15-18-36(46(37)49)24-28-42-47(2,3)44-38-20-9-7-16-34(38)22-26-40(44)51(42)30-11-13-32-59(53,54)55;1-7-27-45-35-24-20-29-14-9-11-18-33(29)39(35)42(4,5)37(45)26-22-31-16-12-15-30(40(31)43)21-25-36-41(2,3)38-32-17-10-8-13-28(32)19-23-34(38)44(36)6;1-3-4-2;/h7-10,16-17,20-29,50H,6,11-15,18-19,30-33H2,1-5H3;8-11,13-14,17-26,35,39H,12,15-16H2,1-6H3;3-4H2,1-2H3;1H2/q;+1;;. The Morgan fingerprint density at radius 3 is 1.69 bits per heavy atom. The zero-order valence-electron chi connectivity index (χ0n) is 66.5. The summed E-state index contributed by atoms with van der Waals surface area (Å²) in [5.41, 5.74) is 21.0. The summed E-state index contributed by atoms with van der Waals surface area (Å²) in [6.07, 6.45) is 32.8. The quantitative estimate of drug-likeness (QED) is 0.0258. The third-order valence-corrected chi connectivity index (χ3v) is 26.3. The Kier molecular flexibility index (Phi) is 25.9. The van der Waals surface area contributed by atoms with Crippen LogP contribution in [0, 0.1) is 17.4 Å². The van der Waals surface area contributed by atoms with Crippen molar-refractivity contribution in [1.29, 1.82) is 0 Å². The zero-order chi connectivity index (χ0) is 77.8. The van der Waals surface area contributed by atoms with Crippen LogP contribution in [0.4, 0.5) is 17.1 Å². The Hall–Kier alpha value is -8.20. The van der Waals surface area contributed by atoms with Gasteiger partial charge >= 0.3 is 0 Å². The molecule has 0 saturated heterocycles.